The molecule has 0 bridgehead atoms. The van der Waals surface area contributed by atoms with Crippen LogP contribution in [0.5, 0.6) is 5.75 Å². The summed E-state index contributed by atoms with van der Waals surface area (Å²) in [4.78, 5) is 12.8. The van der Waals surface area contributed by atoms with Crippen molar-refractivity contribution in [1.82, 2.24) is 0 Å². The number of benzene rings is 3. The highest BCUT2D eigenvalue weighted by molar-refractivity contribution is 6.14. The fraction of sp³-hybridized carbons (Fsp3) is 0.136. The van der Waals surface area contributed by atoms with Gasteiger partial charge in [-0.1, -0.05) is 54.6 Å². The maximum atomic E-state index is 12.8. The molecule has 0 fully saturated rings. The van der Waals surface area contributed by atoms with Crippen LogP contribution in [0.25, 0.3) is 16.8 Å². The second-order valence-electron chi connectivity index (χ2n) is 6.06. The van der Waals surface area contributed by atoms with Crippen molar-refractivity contribution in [1.29, 1.82) is 0 Å². The molecule has 0 unspecified atom stereocenters. The minimum Gasteiger partial charge on any atom is -0.496 e. The second kappa shape index (κ2) is 5.97. The van der Waals surface area contributed by atoms with E-state index in [-0.39, 0.29) is 5.78 Å². The van der Waals surface area contributed by atoms with E-state index in [2.05, 4.69) is 12.1 Å². The SMILES string of the molecule is COc1ccc2ccccc2c1/C=C1\CCc2ccccc2C1=O. The lowest BCUT2D eigenvalue weighted by atomic mass is 9.85. The van der Waals surface area contributed by atoms with E-state index in [0.717, 1.165) is 51.6 Å². The van der Waals surface area contributed by atoms with Gasteiger partial charge in [0.15, 0.2) is 5.78 Å². The quantitative estimate of drug-likeness (QED) is 0.618. The third-order valence-electron chi connectivity index (χ3n) is 4.69. The van der Waals surface area contributed by atoms with E-state index in [0.29, 0.717) is 0 Å². The molecule has 0 spiro atoms. The van der Waals surface area contributed by atoms with E-state index in [1.165, 1.54) is 0 Å². The smallest absolute Gasteiger partial charge is 0.189 e. The van der Waals surface area contributed by atoms with Gasteiger partial charge < -0.3 is 4.74 Å². The molecule has 0 amide bonds. The van der Waals surface area contributed by atoms with Crippen LogP contribution in [0.15, 0.2) is 66.2 Å². The highest BCUT2D eigenvalue weighted by Crippen LogP contribution is 2.33. The predicted octanol–water partition coefficient (Wildman–Crippen LogP) is 5.06. The Morgan fingerprint density at radius 1 is 0.917 bits per heavy atom. The maximum Gasteiger partial charge on any atom is 0.189 e. The third-order valence-corrected chi connectivity index (χ3v) is 4.69. The molecule has 3 aromatic rings. The third kappa shape index (κ3) is 2.41. The molecule has 118 valence electrons. The lowest BCUT2D eigenvalue weighted by molar-refractivity contribution is 0.102. The van der Waals surface area contributed by atoms with Gasteiger partial charge in [-0.2, -0.15) is 0 Å². The van der Waals surface area contributed by atoms with Gasteiger partial charge in [0.25, 0.3) is 0 Å². The van der Waals surface area contributed by atoms with Crippen LogP contribution in [0.1, 0.15) is 27.9 Å². The number of carbonyl (C=O) groups excluding carboxylic acids is 1. The molecule has 0 atom stereocenters. The van der Waals surface area contributed by atoms with E-state index in [1.54, 1.807) is 7.11 Å². The van der Waals surface area contributed by atoms with Crippen LogP contribution in [0.2, 0.25) is 0 Å². The molecule has 0 aromatic heterocycles. The molecule has 24 heavy (non-hydrogen) atoms. The topological polar surface area (TPSA) is 26.3 Å². The molecule has 0 radical (unpaired) electrons. The van der Waals surface area contributed by atoms with Gasteiger partial charge in [0.2, 0.25) is 0 Å². The zero-order valence-electron chi connectivity index (χ0n) is 13.6. The first-order chi connectivity index (χ1) is 11.8. The Hall–Kier alpha value is -2.87. The van der Waals surface area contributed by atoms with Crippen molar-refractivity contribution in [2.24, 2.45) is 0 Å². The van der Waals surface area contributed by atoms with Gasteiger partial charge in [0, 0.05) is 16.7 Å². The Labute approximate surface area is 141 Å². The number of Topliss-reactive ketones (excluding diaryl/α,β-unsaturated/α-hetero) is 1. The normalized spacial score (nSPS) is 15.5. The van der Waals surface area contributed by atoms with Gasteiger partial charge in [-0.05, 0) is 41.3 Å². The van der Waals surface area contributed by atoms with Gasteiger partial charge >= 0.3 is 0 Å². The summed E-state index contributed by atoms with van der Waals surface area (Å²) in [5.74, 6) is 0.930. The van der Waals surface area contributed by atoms with Crippen molar-refractivity contribution in [3.8, 4) is 5.75 Å². The summed E-state index contributed by atoms with van der Waals surface area (Å²) in [6.07, 6.45) is 3.68. The number of hydrogen-bond donors (Lipinski definition) is 0. The molecule has 0 aliphatic heterocycles. The Morgan fingerprint density at radius 3 is 2.58 bits per heavy atom. The molecule has 0 saturated heterocycles. The fourth-order valence-corrected chi connectivity index (χ4v) is 3.43. The highest BCUT2D eigenvalue weighted by atomic mass is 16.5. The Morgan fingerprint density at radius 2 is 1.71 bits per heavy atom. The van der Waals surface area contributed by atoms with Crippen LogP contribution in [-0.2, 0) is 6.42 Å². The number of rotatable bonds is 2. The van der Waals surface area contributed by atoms with Crippen molar-refractivity contribution >= 4 is 22.6 Å². The molecule has 0 heterocycles. The van der Waals surface area contributed by atoms with Crippen molar-refractivity contribution in [3.63, 3.8) is 0 Å². The highest BCUT2D eigenvalue weighted by Gasteiger charge is 2.22. The number of carbonyl (C=O) groups is 1. The number of hydrogen-bond acceptors (Lipinski definition) is 2. The number of ether oxygens (including phenoxy) is 1. The van der Waals surface area contributed by atoms with Crippen LogP contribution in [0, 0.1) is 0 Å². The summed E-state index contributed by atoms with van der Waals surface area (Å²) >= 11 is 0. The number of methoxy groups -OCH3 is 1. The molecule has 1 aliphatic carbocycles. The van der Waals surface area contributed by atoms with Crippen molar-refractivity contribution in [2.75, 3.05) is 7.11 Å². The average Bonchev–Trinajstić information content (AvgIpc) is 2.64. The Bertz CT molecular complexity index is 967. The zero-order valence-corrected chi connectivity index (χ0v) is 13.6. The Kier molecular flexibility index (Phi) is 3.66. The second-order valence-corrected chi connectivity index (χ2v) is 6.06. The number of allylic oxidation sites excluding steroid dienone is 1. The van der Waals surface area contributed by atoms with Crippen LogP contribution in [0.4, 0.5) is 0 Å². The molecular formula is C22H18O2. The summed E-state index contributed by atoms with van der Waals surface area (Å²) in [7, 11) is 1.67. The molecule has 2 heteroatoms. The molecular weight excluding hydrogens is 296 g/mol. The van der Waals surface area contributed by atoms with Crippen LogP contribution in [-0.4, -0.2) is 12.9 Å². The molecule has 2 nitrogen and oxygen atoms in total. The van der Waals surface area contributed by atoms with Gasteiger partial charge in [-0.15, -0.1) is 0 Å². The van der Waals surface area contributed by atoms with Crippen molar-refractivity contribution in [2.45, 2.75) is 12.8 Å². The first-order valence-corrected chi connectivity index (χ1v) is 8.17. The van der Waals surface area contributed by atoms with Crippen LogP contribution in [0.3, 0.4) is 0 Å². The lowest BCUT2D eigenvalue weighted by Crippen LogP contribution is -2.13. The van der Waals surface area contributed by atoms with Crippen LogP contribution < -0.4 is 4.74 Å². The summed E-state index contributed by atoms with van der Waals surface area (Å²) in [5.41, 5.74) is 3.81. The Balaban J connectivity index is 1.87. The summed E-state index contributed by atoms with van der Waals surface area (Å²) in [6, 6.07) is 20.1. The lowest BCUT2D eigenvalue weighted by Gasteiger charge is -2.18. The van der Waals surface area contributed by atoms with E-state index < -0.39 is 0 Å². The molecule has 4 rings (SSSR count). The number of ketones is 1. The van der Waals surface area contributed by atoms with Gasteiger partial charge in [-0.25, -0.2) is 0 Å². The minimum atomic E-state index is 0.131. The molecule has 3 aromatic carbocycles. The van der Waals surface area contributed by atoms with E-state index >= 15 is 0 Å². The molecule has 0 N–H and O–H groups in total. The van der Waals surface area contributed by atoms with Gasteiger partial charge in [-0.3, -0.25) is 4.79 Å². The van der Waals surface area contributed by atoms with Crippen LogP contribution >= 0.6 is 0 Å². The first kappa shape index (κ1) is 14.7. The number of fused-ring (bicyclic) bond motifs is 2. The van der Waals surface area contributed by atoms with E-state index in [9.17, 15) is 4.79 Å². The van der Waals surface area contributed by atoms with E-state index in [1.807, 2.05) is 54.6 Å². The minimum absolute atomic E-state index is 0.131. The van der Waals surface area contributed by atoms with Gasteiger partial charge in [0.05, 0.1) is 7.11 Å². The zero-order chi connectivity index (χ0) is 16.5. The van der Waals surface area contributed by atoms with Crippen molar-refractivity contribution in [3.05, 3.63) is 82.9 Å². The van der Waals surface area contributed by atoms with Gasteiger partial charge in [0.1, 0.15) is 5.75 Å². The summed E-state index contributed by atoms with van der Waals surface area (Å²) in [5, 5.41) is 2.25. The molecule has 1 aliphatic rings. The number of aryl methyl sites for hydroxylation is 1. The van der Waals surface area contributed by atoms with Crippen molar-refractivity contribution < 1.29 is 9.53 Å². The fourth-order valence-electron chi connectivity index (χ4n) is 3.43. The predicted molar refractivity (Wildman–Crippen MR) is 97.6 cm³/mol. The average molecular weight is 314 g/mol. The monoisotopic (exact) mass is 314 g/mol. The maximum absolute atomic E-state index is 12.8. The largest absolute Gasteiger partial charge is 0.496 e. The summed E-state index contributed by atoms with van der Waals surface area (Å²) < 4.78 is 5.54. The molecule has 0 saturated carbocycles. The first-order valence-electron chi connectivity index (χ1n) is 8.17. The standard InChI is InChI=1S/C22H18O2/c1-24-21-13-12-15-6-2-4-8-18(15)20(21)14-17-11-10-16-7-3-5-9-19(16)22(17)23/h2-9,12-14H,10-11H2,1H3/b17-14+. The summed E-state index contributed by atoms with van der Waals surface area (Å²) in [6.45, 7) is 0. The van der Waals surface area contributed by atoms with E-state index in [4.69, 9.17) is 4.74 Å².